The third-order valence-corrected chi connectivity index (χ3v) is 4.25. The Balaban J connectivity index is 2.18. The maximum atomic E-state index is 6.06. The van der Waals surface area contributed by atoms with Crippen molar-refractivity contribution < 1.29 is 0 Å². The maximum absolute atomic E-state index is 6.06. The molecule has 0 amide bonds. The highest BCUT2D eigenvalue weighted by Gasteiger charge is 2.18. The van der Waals surface area contributed by atoms with Gasteiger partial charge in [-0.1, -0.05) is 29.3 Å². The van der Waals surface area contributed by atoms with E-state index in [2.05, 4.69) is 19.9 Å². The predicted octanol–water partition coefficient (Wildman–Crippen LogP) is 3.02. The van der Waals surface area contributed by atoms with Crippen molar-refractivity contribution in [3.63, 3.8) is 0 Å². The number of nitrogens with two attached hydrogens (primary N) is 1. The summed E-state index contributed by atoms with van der Waals surface area (Å²) in [5.41, 5.74) is 6.84. The van der Waals surface area contributed by atoms with Crippen molar-refractivity contribution in [2.75, 3.05) is 31.8 Å². The van der Waals surface area contributed by atoms with Gasteiger partial charge in [0, 0.05) is 20.6 Å². The highest BCUT2D eigenvalue weighted by atomic mass is 35.5. The normalized spacial score (nSPS) is 12.5. The van der Waals surface area contributed by atoms with E-state index in [0.717, 1.165) is 5.56 Å². The minimum atomic E-state index is -0.0338. The summed E-state index contributed by atoms with van der Waals surface area (Å²) in [6, 6.07) is 5.57. The van der Waals surface area contributed by atoms with Crippen LogP contribution in [0.5, 0.6) is 0 Å². The summed E-state index contributed by atoms with van der Waals surface area (Å²) in [7, 11) is 5.72. The summed E-state index contributed by atoms with van der Waals surface area (Å²) in [6.07, 6.45) is 0. The lowest BCUT2D eigenvalue weighted by molar-refractivity contribution is 0.243. The van der Waals surface area contributed by atoms with E-state index >= 15 is 0 Å². The molecule has 0 radical (unpaired) electrons. The van der Waals surface area contributed by atoms with Crippen LogP contribution < -0.4 is 10.6 Å². The van der Waals surface area contributed by atoms with E-state index < -0.39 is 0 Å². The number of nitrogens with zero attached hydrogens (tertiary/aromatic N) is 5. The zero-order valence-corrected chi connectivity index (χ0v) is 15.1. The fourth-order valence-electron chi connectivity index (χ4n) is 2.04. The predicted molar refractivity (Wildman–Crippen MR) is 94.9 cm³/mol. The fourth-order valence-corrected chi connectivity index (χ4v) is 2.36. The summed E-state index contributed by atoms with van der Waals surface area (Å²) in [6.45, 7) is 2.70. The number of hydrogen-bond donors (Lipinski definition) is 1. The molecule has 1 atom stereocenters. The van der Waals surface area contributed by atoms with Gasteiger partial charge in [-0.05, 0) is 31.7 Å². The molecule has 2 N–H and O–H groups in total. The Morgan fingerprint density at radius 3 is 2.39 bits per heavy atom. The van der Waals surface area contributed by atoms with Crippen LogP contribution in [0.15, 0.2) is 18.2 Å². The van der Waals surface area contributed by atoms with Gasteiger partial charge < -0.3 is 10.6 Å². The second-order valence-electron chi connectivity index (χ2n) is 5.59. The van der Waals surface area contributed by atoms with Crippen LogP contribution in [-0.4, -0.2) is 41.0 Å². The van der Waals surface area contributed by atoms with E-state index in [0.29, 0.717) is 28.4 Å². The average Bonchev–Trinajstić information content (AvgIpc) is 2.49. The molecule has 124 valence electrons. The van der Waals surface area contributed by atoms with E-state index in [-0.39, 0.29) is 12.0 Å². The van der Waals surface area contributed by atoms with Crippen molar-refractivity contribution in [1.82, 2.24) is 19.9 Å². The van der Waals surface area contributed by atoms with Crippen LogP contribution in [0.4, 0.5) is 11.9 Å². The van der Waals surface area contributed by atoms with Gasteiger partial charge in [0.1, 0.15) is 0 Å². The van der Waals surface area contributed by atoms with Crippen molar-refractivity contribution >= 4 is 35.1 Å². The van der Waals surface area contributed by atoms with Gasteiger partial charge in [0.2, 0.25) is 11.9 Å². The number of halogens is 2. The molecule has 0 spiro atoms. The van der Waals surface area contributed by atoms with E-state index in [1.807, 2.05) is 40.2 Å². The highest BCUT2D eigenvalue weighted by Crippen LogP contribution is 2.25. The third kappa shape index (κ3) is 4.43. The molecule has 0 fully saturated rings. The lowest BCUT2D eigenvalue weighted by Crippen LogP contribution is -2.25. The second-order valence-corrected chi connectivity index (χ2v) is 6.40. The Labute approximate surface area is 146 Å². The number of anilines is 2. The monoisotopic (exact) mass is 354 g/mol. The lowest BCUT2D eigenvalue weighted by Gasteiger charge is -2.24. The number of benzene rings is 1. The van der Waals surface area contributed by atoms with Crippen LogP contribution in [0.1, 0.15) is 24.4 Å². The highest BCUT2D eigenvalue weighted by molar-refractivity contribution is 6.42. The summed E-state index contributed by atoms with van der Waals surface area (Å²) in [5, 5.41) is 1.09. The summed E-state index contributed by atoms with van der Waals surface area (Å²) >= 11 is 12.0. The zero-order chi connectivity index (χ0) is 17.1. The molecule has 0 saturated heterocycles. The SMILES string of the molecule is C[C@@H](c1nc(N)nc(N(C)C)n1)N(C)Cc1ccc(Cl)c(Cl)c1. The van der Waals surface area contributed by atoms with Gasteiger partial charge in [0.05, 0.1) is 16.1 Å². The van der Waals surface area contributed by atoms with Crippen molar-refractivity contribution in [1.29, 1.82) is 0 Å². The van der Waals surface area contributed by atoms with Gasteiger partial charge >= 0.3 is 0 Å². The molecule has 0 bridgehead atoms. The first-order valence-corrected chi connectivity index (χ1v) is 7.86. The molecule has 0 unspecified atom stereocenters. The summed E-state index contributed by atoms with van der Waals surface area (Å²) in [4.78, 5) is 16.7. The van der Waals surface area contributed by atoms with Crippen LogP contribution in [-0.2, 0) is 6.54 Å². The van der Waals surface area contributed by atoms with Gasteiger partial charge in [-0.15, -0.1) is 0 Å². The van der Waals surface area contributed by atoms with Crippen LogP contribution in [0.2, 0.25) is 10.0 Å². The van der Waals surface area contributed by atoms with Crippen molar-refractivity contribution in [3.05, 3.63) is 39.6 Å². The Kier molecular flexibility index (Phi) is 5.62. The summed E-state index contributed by atoms with van der Waals surface area (Å²) < 4.78 is 0. The molecule has 1 heterocycles. The molecule has 0 aliphatic rings. The quantitative estimate of drug-likeness (QED) is 0.889. The van der Waals surface area contributed by atoms with Crippen LogP contribution in [0, 0.1) is 0 Å². The molecular formula is C15H20Cl2N6. The molecule has 0 aliphatic heterocycles. The number of nitrogen functional groups attached to an aromatic ring is 1. The molecule has 2 rings (SSSR count). The van der Waals surface area contributed by atoms with Gasteiger partial charge in [0.15, 0.2) is 5.82 Å². The van der Waals surface area contributed by atoms with E-state index in [9.17, 15) is 0 Å². The fraction of sp³-hybridized carbons (Fsp3) is 0.400. The second kappa shape index (κ2) is 7.29. The first-order chi connectivity index (χ1) is 10.8. The Bertz CT molecular complexity index is 692. The van der Waals surface area contributed by atoms with E-state index in [1.165, 1.54) is 0 Å². The number of hydrogen-bond acceptors (Lipinski definition) is 6. The largest absolute Gasteiger partial charge is 0.368 e. The standard InChI is InChI=1S/C15H20Cl2N6/c1-9(13-19-14(18)21-15(20-13)22(2)3)23(4)8-10-5-6-11(16)12(17)7-10/h5-7,9H,8H2,1-4H3,(H2,18,19,20,21)/t9-/m0/s1. The van der Waals surface area contributed by atoms with E-state index in [4.69, 9.17) is 28.9 Å². The zero-order valence-electron chi connectivity index (χ0n) is 13.6. The minimum Gasteiger partial charge on any atom is -0.368 e. The van der Waals surface area contributed by atoms with E-state index in [1.54, 1.807) is 11.0 Å². The van der Waals surface area contributed by atoms with Crippen LogP contribution >= 0.6 is 23.2 Å². The first kappa shape index (κ1) is 17.7. The van der Waals surface area contributed by atoms with Gasteiger partial charge in [-0.25, -0.2) is 0 Å². The molecule has 2 aromatic rings. The molecule has 23 heavy (non-hydrogen) atoms. The molecule has 6 nitrogen and oxygen atoms in total. The van der Waals surface area contributed by atoms with Crippen molar-refractivity contribution in [3.8, 4) is 0 Å². The third-order valence-electron chi connectivity index (χ3n) is 3.51. The molecule has 1 aromatic carbocycles. The van der Waals surface area contributed by atoms with Gasteiger partial charge in [-0.3, -0.25) is 4.90 Å². The Morgan fingerprint density at radius 1 is 1.09 bits per heavy atom. The topological polar surface area (TPSA) is 71.2 Å². The van der Waals surface area contributed by atoms with Crippen molar-refractivity contribution in [2.45, 2.75) is 19.5 Å². The lowest BCUT2D eigenvalue weighted by atomic mass is 10.2. The molecule has 1 aromatic heterocycles. The number of aromatic nitrogens is 3. The van der Waals surface area contributed by atoms with Gasteiger partial charge in [-0.2, -0.15) is 15.0 Å². The molecule has 0 saturated carbocycles. The Hall–Kier alpha value is -1.63. The summed E-state index contributed by atoms with van der Waals surface area (Å²) in [5.74, 6) is 1.39. The smallest absolute Gasteiger partial charge is 0.229 e. The number of rotatable bonds is 5. The molecular weight excluding hydrogens is 335 g/mol. The first-order valence-electron chi connectivity index (χ1n) is 7.11. The molecule has 8 heteroatoms. The van der Waals surface area contributed by atoms with Crippen molar-refractivity contribution in [2.24, 2.45) is 0 Å². The Morgan fingerprint density at radius 2 is 1.78 bits per heavy atom. The van der Waals surface area contributed by atoms with Crippen LogP contribution in [0.25, 0.3) is 0 Å². The maximum Gasteiger partial charge on any atom is 0.229 e. The molecule has 0 aliphatic carbocycles. The minimum absolute atomic E-state index is 0.0338. The van der Waals surface area contributed by atoms with Gasteiger partial charge in [0.25, 0.3) is 0 Å². The van der Waals surface area contributed by atoms with Crippen LogP contribution in [0.3, 0.4) is 0 Å². The average molecular weight is 355 g/mol.